The first kappa shape index (κ1) is 19.9. The summed E-state index contributed by atoms with van der Waals surface area (Å²) >= 11 is 5.90. The number of hydrogen-bond donors (Lipinski definition) is 1. The number of benzene rings is 1. The molecule has 0 amide bonds. The number of ether oxygens (including phenoxy) is 2. The molecule has 0 bridgehead atoms. The van der Waals surface area contributed by atoms with E-state index >= 15 is 0 Å². The van der Waals surface area contributed by atoms with Gasteiger partial charge in [-0.3, -0.25) is 0 Å². The lowest BCUT2D eigenvalue weighted by Crippen LogP contribution is -2.41. The van der Waals surface area contributed by atoms with Crippen LogP contribution in [0.5, 0.6) is 5.75 Å². The van der Waals surface area contributed by atoms with Gasteiger partial charge in [-0.15, -0.1) is 0 Å². The highest BCUT2D eigenvalue weighted by molar-refractivity contribution is 6.30. The number of guanidine groups is 1. The Morgan fingerprint density at radius 1 is 1.36 bits per heavy atom. The van der Waals surface area contributed by atoms with E-state index < -0.39 is 0 Å². The van der Waals surface area contributed by atoms with Crippen LogP contribution >= 0.6 is 11.6 Å². The number of rotatable bonds is 8. The van der Waals surface area contributed by atoms with Gasteiger partial charge in [-0.05, 0) is 51.5 Å². The van der Waals surface area contributed by atoms with Crippen LogP contribution in [-0.4, -0.2) is 56.4 Å². The molecular weight excluding hydrogens is 338 g/mol. The first-order valence-corrected chi connectivity index (χ1v) is 9.53. The quantitative estimate of drug-likeness (QED) is 0.564. The van der Waals surface area contributed by atoms with E-state index in [4.69, 9.17) is 26.1 Å². The van der Waals surface area contributed by atoms with Crippen LogP contribution in [0, 0.1) is 5.92 Å². The largest absolute Gasteiger partial charge is 0.489 e. The molecule has 1 saturated heterocycles. The lowest BCUT2D eigenvalue weighted by atomic mass is 10.1. The predicted octanol–water partition coefficient (Wildman–Crippen LogP) is 3.43. The van der Waals surface area contributed by atoms with Crippen molar-refractivity contribution in [1.82, 2.24) is 10.2 Å². The van der Waals surface area contributed by atoms with Crippen molar-refractivity contribution < 1.29 is 9.47 Å². The van der Waals surface area contributed by atoms with E-state index in [0.717, 1.165) is 51.0 Å². The van der Waals surface area contributed by atoms with Crippen molar-refractivity contribution in [2.45, 2.75) is 33.3 Å². The Bertz CT molecular complexity index is 536. The minimum atomic E-state index is -0.00310. The van der Waals surface area contributed by atoms with Crippen molar-refractivity contribution in [3.63, 3.8) is 0 Å². The van der Waals surface area contributed by atoms with Gasteiger partial charge in [0.1, 0.15) is 11.9 Å². The second-order valence-corrected chi connectivity index (χ2v) is 6.77. The molecule has 1 aliphatic heterocycles. The fraction of sp³-hybridized carbons (Fsp3) is 0.632. The zero-order valence-corrected chi connectivity index (χ0v) is 16.3. The summed E-state index contributed by atoms with van der Waals surface area (Å²) in [4.78, 5) is 7.09. The number of aliphatic imine (C=N–C) groups is 1. The van der Waals surface area contributed by atoms with Crippen molar-refractivity contribution in [2.24, 2.45) is 10.9 Å². The van der Waals surface area contributed by atoms with Crippen LogP contribution in [0.1, 0.15) is 27.2 Å². The molecule has 1 aliphatic rings. The Balaban J connectivity index is 1.87. The van der Waals surface area contributed by atoms with E-state index in [1.807, 2.05) is 38.1 Å². The van der Waals surface area contributed by atoms with Crippen LogP contribution in [-0.2, 0) is 4.74 Å². The number of nitrogens with one attached hydrogen (secondary N) is 1. The van der Waals surface area contributed by atoms with Gasteiger partial charge in [-0.2, -0.15) is 0 Å². The van der Waals surface area contributed by atoms with E-state index in [-0.39, 0.29) is 6.10 Å². The van der Waals surface area contributed by atoms with Gasteiger partial charge in [0.2, 0.25) is 0 Å². The van der Waals surface area contributed by atoms with Crippen molar-refractivity contribution >= 4 is 17.6 Å². The number of likely N-dealkylation sites (tertiary alicyclic amines) is 1. The Labute approximate surface area is 156 Å². The molecular formula is C19H30ClN3O2. The van der Waals surface area contributed by atoms with Crippen LogP contribution in [0.15, 0.2) is 29.3 Å². The van der Waals surface area contributed by atoms with Crippen LogP contribution in [0.25, 0.3) is 0 Å². The highest BCUT2D eigenvalue weighted by Gasteiger charge is 2.25. The first-order chi connectivity index (χ1) is 12.1. The van der Waals surface area contributed by atoms with Crippen molar-refractivity contribution in [3.05, 3.63) is 29.3 Å². The monoisotopic (exact) mass is 367 g/mol. The van der Waals surface area contributed by atoms with Crippen molar-refractivity contribution in [2.75, 3.05) is 39.4 Å². The summed E-state index contributed by atoms with van der Waals surface area (Å²) in [5.74, 6) is 2.37. The van der Waals surface area contributed by atoms with Gasteiger partial charge < -0.3 is 19.7 Å². The van der Waals surface area contributed by atoms with Crippen molar-refractivity contribution in [3.8, 4) is 5.75 Å². The molecule has 1 heterocycles. The average molecular weight is 368 g/mol. The van der Waals surface area contributed by atoms with Gasteiger partial charge in [0.25, 0.3) is 0 Å². The van der Waals surface area contributed by atoms with Gasteiger partial charge in [0.05, 0.1) is 13.2 Å². The van der Waals surface area contributed by atoms with Crippen LogP contribution < -0.4 is 10.1 Å². The van der Waals surface area contributed by atoms with Gasteiger partial charge >= 0.3 is 0 Å². The van der Waals surface area contributed by atoms with Gasteiger partial charge in [0.15, 0.2) is 5.96 Å². The van der Waals surface area contributed by atoms with Gasteiger partial charge in [0, 0.05) is 37.2 Å². The summed E-state index contributed by atoms with van der Waals surface area (Å²) in [5.41, 5.74) is 0. The smallest absolute Gasteiger partial charge is 0.194 e. The van der Waals surface area contributed by atoms with Crippen LogP contribution in [0.2, 0.25) is 5.02 Å². The predicted molar refractivity (Wildman–Crippen MR) is 104 cm³/mol. The molecule has 0 spiro atoms. The van der Waals surface area contributed by atoms with E-state index in [2.05, 4.69) is 17.1 Å². The Kier molecular flexibility index (Phi) is 8.35. The Morgan fingerprint density at radius 3 is 2.80 bits per heavy atom. The third-order valence-electron chi connectivity index (χ3n) is 4.13. The average Bonchev–Trinajstić information content (AvgIpc) is 3.07. The fourth-order valence-electron chi connectivity index (χ4n) is 2.87. The molecule has 0 saturated carbocycles. The molecule has 0 aromatic heterocycles. The van der Waals surface area contributed by atoms with E-state index in [0.29, 0.717) is 17.5 Å². The molecule has 140 valence electrons. The lowest BCUT2D eigenvalue weighted by molar-refractivity contribution is 0.114. The third-order valence-corrected chi connectivity index (χ3v) is 4.38. The molecule has 25 heavy (non-hydrogen) atoms. The van der Waals surface area contributed by atoms with E-state index in [9.17, 15) is 0 Å². The molecule has 1 aromatic rings. The second-order valence-electron chi connectivity index (χ2n) is 6.34. The molecule has 1 aromatic carbocycles. The SMILES string of the molecule is CCNC(=NCC(C)Oc1ccc(Cl)cc1)N1CCC(COCC)C1. The van der Waals surface area contributed by atoms with Gasteiger partial charge in [-0.1, -0.05) is 11.6 Å². The maximum atomic E-state index is 5.90. The molecule has 2 rings (SSSR count). The summed E-state index contributed by atoms with van der Waals surface area (Å²) in [6, 6.07) is 7.43. The Morgan fingerprint density at radius 2 is 2.12 bits per heavy atom. The zero-order valence-electron chi connectivity index (χ0n) is 15.5. The molecule has 6 heteroatoms. The summed E-state index contributed by atoms with van der Waals surface area (Å²) in [6.07, 6.45) is 1.15. The second kappa shape index (κ2) is 10.5. The number of nitrogens with zero attached hydrogens (tertiary/aromatic N) is 2. The maximum Gasteiger partial charge on any atom is 0.194 e. The third kappa shape index (κ3) is 6.75. The molecule has 1 N–H and O–H groups in total. The Hall–Kier alpha value is -1.46. The molecule has 2 unspecified atom stereocenters. The molecule has 1 fully saturated rings. The zero-order chi connectivity index (χ0) is 18.1. The number of halogens is 1. The van der Waals surface area contributed by atoms with Crippen LogP contribution in [0.4, 0.5) is 0 Å². The molecule has 2 atom stereocenters. The molecule has 5 nitrogen and oxygen atoms in total. The summed E-state index contributed by atoms with van der Waals surface area (Å²) < 4.78 is 11.5. The van der Waals surface area contributed by atoms with Crippen molar-refractivity contribution in [1.29, 1.82) is 0 Å². The summed E-state index contributed by atoms with van der Waals surface area (Å²) in [5, 5.41) is 4.10. The normalized spacial score (nSPS) is 19.1. The molecule has 0 radical (unpaired) electrons. The topological polar surface area (TPSA) is 46.1 Å². The standard InChI is InChI=1S/C19H30ClN3O2/c1-4-21-19(23-11-10-16(13-23)14-24-5-2)22-12-15(3)25-18-8-6-17(20)7-9-18/h6-9,15-16H,4-5,10-14H2,1-3H3,(H,21,22). The van der Waals surface area contributed by atoms with Crippen LogP contribution in [0.3, 0.4) is 0 Å². The summed E-state index contributed by atoms with van der Waals surface area (Å²) in [6.45, 7) is 11.3. The lowest BCUT2D eigenvalue weighted by Gasteiger charge is -2.22. The highest BCUT2D eigenvalue weighted by Crippen LogP contribution is 2.18. The number of hydrogen-bond acceptors (Lipinski definition) is 3. The molecule has 0 aliphatic carbocycles. The fourth-order valence-corrected chi connectivity index (χ4v) is 3.00. The highest BCUT2D eigenvalue weighted by atomic mass is 35.5. The van der Waals surface area contributed by atoms with Gasteiger partial charge in [-0.25, -0.2) is 4.99 Å². The minimum Gasteiger partial charge on any atom is -0.489 e. The summed E-state index contributed by atoms with van der Waals surface area (Å²) in [7, 11) is 0. The van der Waals surface area contributed by atoms with E-state index in [1.165, 1.54) is 0 Å². The minimum absolute atomic E-state index is 0.00310. The van der Waals surface area contributed by atoms with E-state index in [1.54, 1.807) is 0 Å². The maximum absolute atomic E-state index is 5.90. The first-order valence-electron chi connectivity index (χ1n) is 9.15.